The van der Waals surface area contributed by atoms with Crippen molar-refractivity contribution in [1.29, 1.82) is 0 Å². The third-order valence-electron chi connectivity index (χ3n) is 5.18. The van der Waals surface area contributed by atoms with Crippen LogP contribution in [0.5, 0.6) is 0 Å². The zero-order valence-electron chi connectivity index (χ0n) is 13.1. The van der Waals surface area contributed by atoms with E-state index in [9.17, 15) is 0 Å². The Labute approximate surface area is 131 Å². The van der Waals surface area contributed by atoms with Crippen molar-refractivity contribution in [2.75, 3.05) is 39.4 Å². The first-order chi connectivity index (χ1) is 10.9. The maximum Gasteiger partial charge on any atom is 0.0469 e. The zero-order valence-corrected chi connectivity index (χ0v) is 13.1. The monoisotopic (exact) mass is 299 g/mol. The SMILES string of the molecule is c1cc2ccc([C@@H](C3CCOCC3)N3CCNCC3)cc2[nH]1. The number of aromatic amines is 1. The summed E-state index contributed by atoms with van der Waals surface area (Å²) in [6.07, 6.45) is 4.39. The highest BCUT2D eigenvalue weighted by molar-refractivity contribution is 5.80. The highest BCUT2D eigenvalue weighted by atomic mass is 16.5. The first-order valence-electron chi connectivity index (χ1n) is 8.51. The third-order valence-corrected chi connectivity index (χ3v) is 5.18. The summed E-state index contributed by atoms with van der Waals surface area (Å²) >= 11 is 0. The van der Waals surface area contributed by atoms with Crippen LogP contribution in [0.1, 0.15) is 24.4 Å². The predicted molar refractivity (Wildman–Crippen MR) is 89.0 cm³/mol. The van der Waals surface area contributed by atoms with Crippen LogP contribution in [-0.2, 0) is 4.74 Å². The van der Waals surface area contributed by atoms with Crippen molar-refractivity contribution in [1.82, 2.24) is 15.2 Å². The van der Waals surface area contributed by atoms with Crippen molar-refractivity contribution in [3.05, 3.63) is 36.0 Å². The van der Waals surface area contributed by atoms with E-state index in [1.807, 2.05) is 6.20 Å². The van der Waals surface area contributed by atoms with Gasteiger partial charge >= 0.3 is 0 Å². The standard InChI is InChI=1S/C18H25N3O/c1-2-16(13-17-14(1)3-6-20-17)18(15-4-11-22-12-5-15)21-9-7-19-8-10-21/h1-3,6,13,15,18-20H,4-5,7-12H2/t18-/m1/s1. The second kappa shape index (κ2) is 6.41. The number of H-pyrrole nitrogens is 1. The summed E-state index contributed by atoms with van der Waals surface area (Å²) in [4.78, 5) is 6.04. The third kappa shape index (κ3) is 2.78. The fourth-order valence-corrected chi connectivity index (χ4v) is 4.02. The number of piperazine rings is 1. The predicted octanol–water partition coefficient (Wildman–Crippen LogP) is 2.54. The summed E-state index contributed by atoms with van der Waals surface area (Å²) in [6, 6.07) is 9.62. The molecule has 1 aromatic carbocycles. The van der Waals surface area contributed by atoms with E-state index in [2.05, 4.69) is 39.5 Å². The number of rotatable bonds is 3. The molecule has 2 N–H and O–H groups in total. The van der Waals surface area contributed by atoms with Gasteiger partial charge in [0, 0.05) is 57.1 Å². The molecule has 4 nitrogen and oxygen atoms in total. The molecule has 22 heavy (non-hydrogen) atoms. The molecule has 4 rings (SSSR count). The van der Waals surface area contributed by atoms with Crippen LogP contribution >= 0.6 is 0 Å². The Morgan fingerprint density at radius 1 is 1.09 bits per heavy atom. The maximum absolute atomic E-state index is 5.59. The van der Waals surface area contributed by atoms with Gasteiger partial charge in [0.25, 0.3) is 0 Å². The Kier molecular flexibility index (Phi) is 4.15. The van der Waals surface area contributed by atoms with Gasteiger partial charge in [-0.15, -0.1) is 0 Å². The second-order valence-electron chi connectivity index (χ2n) is 6.50. The molecule has 0 aliphatic carbocycles. The minimum atomic E-state index is 0.527. The van der Waals surface area contributed by atoms with Crippen molar-refractivity contribution < 1.29 is 4.74 Å². The summed E-state index contributed by atoms with van der Waals surface area (Å²) in [5, 5.41) is 4.78. The van der Waals surface area contributed by atoms with E-state index in [0.717, 1.165) is 39.4 Å². The number of ether oxygens (including phenoxy) is 1. The van der Waals surface area contributed by atoms with Gasteiger partial charge in [0.05, 0.1) is 0 Å². The van der Waals surface area contributed by atoms with Crippen molar-refractivity contribution in [3.63, 3.8) is 0 Å². The minimum absolute atomic E-state index is 0.527. The molecule has 2 aliphatic heterocycles. The van der Waals surface area contributed by atoms with Crippen molar-refractivity contribution in [2.45, 2.75) is 18.9 Å². The van der Waals surface area contributed by atoms with Crippen molar-refractivity contribution in [3.8, 4) is 0 Å². The summed E-state index contributed by atoms with van der Waals surface area (Å²) in [5.74, 6) is 0.708. The van der Waals surface area contributed by atoms with E-state index in [1.54, 1.807) is 0 Å². The molecule has 2 aliphatic rings. The fourth-order valence-electron chi connectivity index (χ4n) is 4.02. The molecule has 0 amide bonds. The maximum atomic E-state index is 5.59. The number of hydrogen-bond donors (Lipinski definition) is 2. The van der Waals surface area contributed by atoms with E-state index in [0.29, 0.717) is 12.0 Å². The van der Waals surface area contributed by atoms with Crippen LogP contribution in [0.25, 0.3) is 10.9 Å². The lowest BCUT2D eigenvalue weighted by atomic mass is 9.85. The van der Waals surface area contributed by atoms with E-state index in [1.165, 1.54) is 29.3 Å². The minimum Gasteiger partial charge on any atom is -0.381 e. The van der Waals surface area contributed by atoms with Gasteiger partial charge in [-0.1, -0.05) is 12.1 Å². The Morgan fingerprint density at radius 3 is 2.73 bits per heavy atom. The molecule has 0 unspecified atom stereocenters. The topological polar surface area (TPSA) is 40.3 Å². The van der Waals surface area contributed by atoms with Crippen LogP contribution in [0.2, 0.25) is 0 Å². The number of nitrogens with zero attached hydrogens (tertiary/aromatic N) is 1. The van der Waals surface area contributed by atoms with Crippen molar-refractivity contribution >= 4 is 10.9 Å². The molecule has 0 saturated carbocycles. The van der Waals surface area contributed by atoms with Crippen LogP contribution in [0.4, 0.5) is 0 Å². The summed E-state index contributed by atoms with van der Waals surface area (Å²) in [7, 11) is 0. The molecule has 3 heterocycles. The van der Waals surface area contributed by atoms with Gasteiger partial charge in [-0.05, 0) is 41.8 Å². The average molecular weight is 299 g/mol. The van der Waals surface area contributed by atoms with Gasteiger partial charge in [-0.3, -0.25) is 4.90 Å². The molecule has 0 bridgehead atoms. The highest BCUT2D eigenvalue weighted by Crippen LogP contribution is 2.36. The normalized spacial score (nSPS) is 22.9. The lowest BCUT2D eigenvalue weighted by Gasteiger charge is -2.41. The van der Waals surface area contributed by atoms with Crippen LogP contribution in [-0.4, -0.2) is 49.3 Å². The number of fused-ring (bicyclic) bond motifs is 1. The Balaban J connectivity index is 1.67. The van der Waals surface area contributed by atoms with Crippen LogP contribution < -0.4 is 5.32 Å². The number of hydrogen-bond acceptors (Lipinski definition) is 3. The van der Waals surface area contributed by atoms with Gasteiger partial charge in [-0.25, -0.2) is 0 Å². The quantitative estimate of drug-likeness (QED) is 0.915. The lowest BCUT2D eigenvalue weighted by molar-refractivity contribution is 0.0213. The molecule has 1 atom stereocenters. The van der Waals surface area contributed by atoms with E-state index in [4.69, 9.17) is 4.74 Å². The Bertz CT molecular complexity index is 594. The molecule has 0 radical (unpaired) electrons. The van der Waals surface area contributed by atoms with Gasteiger partial charge in [0.2, 0.25) is 0 Å². The molecular formula is C18H25N3O. The summed E-state index contributed by atoms with van der Waals surface area (Å²) in [5.41, 5.74) is 2.72. The fraction of sp³-hybridized carbons (Fsp3) is 0.556. The molecule has 118 valence electrons. The van der Waals surface area contributed by atoms with Gasteiger partial charge in [0.1, 0.15) is 0 Å². The van der Waals surface area contributed by atoms with Crippen molar-refractivity contribution in [2.24, 2.45) is 5.92 Å². The van der Waals surface area contributed by atoms with E-state index in [-0.39, 0.29) is 0 Å². The zero-order chi connectivity index (χ0) is 14.8. The molecule has 4 heteroatoms. The van der Waals surface area contributed by atoms with Crippen LogP contribution in [0.3, 0.4) is 0 Å². The van der Waals surface area contributed by atoms with Gasteiger partial charge in [0.15, 0.2) is 0 Å². The van der Waals surface area contributed by atoms with Crippen LogP contribution in [0.15, 0.2) is 30.5 Å². The molecule has 2 aromatic rings. The Morgan fingerprint density at radius 2 is 1.91 bits per heavy atom. The first-order valence-corrected chi connectivity index (χ1v) is 8.51. The smallest absolute Gasteiger partial charge is 0.0469 e. The van der Waals surface area contributed by atoms with Gasteiger partial charge < -0.3 is 15.0 Å². The molecule has 0 spiro atoms. The number of nitrogens with one attached hydrogen (secondary N) is 2. The van der Waals surface area contributed by atoms with E-state index < -0.39 is 0 Å². The van der Waals surface area contributed by atoms with Crippen LogP contribution in [0, 0.1) is 5.92 Å². The van der Waals surface area contributed by atoms with Gasteiger partial charge in [-0.2, -0.15) is 0 Å². The molecule has 2 fully saturated rings. The summed E-state index contributed by atoms with van der Waals surface area (Å²) in [6.45, 7) is 6.32. The molecule has 1 aromatic heterocycles. The lowest BCUT2D eigenvalue weighted by Crippen LogP contribution is -2.47. The molecular weight excluding hydrogens is 274 g/mol. The largest absolute Gasteiger partial charge is 0.381 e. The second-order valence-corrected chi connectivity index (χ2v) is 6.50. The summed E-state index contributed by atoms with van der Waals surface area (Å²) < 4.78 is 5.59. The van der Waals surface area contributed by atoms with E-state index >= 15 is 0 Å². The number of aromatic nitrogens is 1. The molecule has 2 saturated heterocycles. The number of benzene rings is 1. The first kappa shape index (κ1) is 14.2. The highest BCUT2D eigenvalue weighted by Gasteiger charge is 2.31. The Hall–Kier alpha value is -1.36. The average Bonchev–Trinajstić information content (AvgIpc) is 3.05.